The average molecular weight is 925 g/mol. The third kappa shape index (κ3) is 34.8. The number of aliphatic hydroxyl groups is 3. The van der Waals surface area contributed by atoms with E-state index in [1.807, 2.05) is 0 Å². The lowest BCUT2D eigenvalue weighted by molar-refractivity contribution is -0.301. The van der Waals surface area contributed by atoms with Crippen molar-refractivity contribution in [1.82, 2.24) is 0 Å². The smallest absolute Gasteiger partial charge is 0.397 e. The van der Waals surface area contributed by atoms with E-state index in [1.54, 1.807) is 0 Å². The summed E-state index contributed by atoms with van der Waals surface area (Å²) in [6, 6.07) is 0. The van der Waals surface area contributed by atoms with Gasteiger partial charge in [-0.1, -0.05) is 164 Å². The number of allylic oxidation sites excluding steroid dienone is 12. The lowest BCUT2D eigenvalue weighted by Crippen LogP contribution is -2.60. The normalized spacial score (nSPS) is 20.4. The van der Waals surface area contributed by atoms with Crippen LogP contribution in [0.1, 0.15) is 181 Å². The van der Waals surface area contributed by atoms with Crippen LogP contribution in [0.4, 0.5) is 0 Å². The van der Waals surface area contributed by atoms with Crippen molar-refractivity contribution >= 4 is 16.4 Å². The van der Waals surface area contributed by atoms with Crippen LogP contribution in [0.3, 0.4) is 0 Å². The Bertz CT molecular complexity index is 1390. The van der Waals surface area contributed by atoms with E-state index < -0.39 is 59.8 Å². The Morgan fingerprint density at radius 3 is 1.59 bits per heavy atom. The summed E-state index contributed by atoms with van der Waals surface area (Å²) >= 11 is 0. The molecule has 0 saturated carbocycles. The molecule has 64 heavy (non-hydrogen) atoms. The Hall–Kier alpha value is -2.46. The van der Waals surface area contributed by atoms with Gasteiger partial charge in [0.1, 0.15) is 30.5 Å². The van der Waals surface area contributed by atoms with Crippen molar-refractivity contribution in [2.45, 2.75) is 218 Å². The molecule has 12 nitrogen and oxygen atoms in total. The molecular formula is C51H88O12S. The molecule has 0 spiro atoms. The van der Waals surface area contributed by atoms with Gasteiger partial charge >= 0.3 is 16.4 Å². The summed E-state index contributed by atoms with van der Waals surface area (Å²) in [5.41, 5.74) is 0. The number of hydrogen-bond acceptors (Lipinski definition) is 11. The highest BCUT2D eigenvalue weighted by Crippen LogP contribution is 2.26. The van der Waals surface area contributed by atoms with Crippen LogP contribution in [0, 0.1) is 0 Å². The Morgan fingerprint density at radius 2 is 1.08 bits per heavy atom. The van der Waals surface area contributed by atoms with Crippen LogP contribution in [0.15, 0.2) is 72.9 Å². The van der Waals surface area contributed by atoms with Gasteiger partial charge in [-0.2, -0.15) is 8.42 Å². The van der Waals surface area contributed by atoms with Crippen LogP contribution in [0.5, 0.6) is 0 Å². The van der Waals surface area contributed by atoms with E-state index >= 15 is 0 Å². The quantitative estimate of drug-likeness (QED) is 0.0197. The zero-order valence-electron chi connectivity index (χ0n) is 39.6. The van der Waals surface area contributed by atoms with Gasteiger partial charge in [-0.15, -0.1) is 0 Å². The largest absolute Gasteiger partial charge is 0.457 e. The van der Waals surface area contributed by atoms with Gasteiger partial charge in [-0.3, -0.25) is 9.35 Å². The Labute approximate surface area is 388 Å². The SMILES string of the molecule is CC/C=C\C/C=C\C/C=C\C/C=C\C/C=C\CCCCCCCCOCC(COC1OC(CO)C(O)C(OS(=O)(=O)O)C1O)OC(=O)CCCCCCC/C=C\CCCCCCCC. The Morgan fingerprint density at radius 1 is 0.609 bits per heavy atom. The fourth-order valence-corrected chi connectivity index (χ4v) is 7.61. The second-order valence-corrected chi connectivity index (χ2v) is 17.7. The maximum atomic E-state index is 12.9. The number of unbranched alkanes of at least 4 members (excludes halogenated alkanes) is 17. The minimum Gasteiger partial charge on any atom is -0.457 e. The predicted octanol–water partition coefficient (Wildman–Crippen LogP) is 11.1. The third-order valence-electron chi connectivity index (χ3n) is 10.8. The maximum absolute atomic E-state index is 12.9. The first-order chi connectivity index (χ1) is 31.1. The molecule has 0 aromatic heterocycles. The minimum absolute atomic E-state index is 0.0190. The van der Waals surface area contributed by atoms with Crippen molar-refractivity contribution in [3.05, 3.63) is 72.9 Å². The molecule has 370 valence electrons. The fourth-order valence-electron chi connectivity index (χ4n) is 7.10. The van der Waals surface area contributed by atoms with Crippen molar-refractivity contribution in [2.24, 2.45) is 0 Å². The molecule has 1 fully saturated rings. The Balaban J connectivity index is 2.40. The molecule has 6 unspecified atom stereocenters. The van der Waals surface area contributed by atoms with Gasteiger partial charge in [0.25, 0.3) is 0 Å². The number of esters is 1. The van der Waals surface area contributed by atoms with Crippen molar-refractivity contribution in [3.63, 3.8) is 0 Å². The number of hydrogen-bond donors (Lipinski definition) is 4. The molecule has 1 aliphatic heterocycles. The molecule has 0 aromatic rings. The predicted molar refractivity (Wildman–Crippen MR) is 257 cm³/mol. The molecule has 1 aliphatic rings. The number of aliphatic hydroxyl groups excluding tert-OH is 3. The Kier molecular flexibility index (Phi) is 39.0. The highest BCUT2D eigenvalue weighted by molar-refractivity contribution is 7.80. The fraction of sp³-hybridized carbons (Fsp3) is 0.745. The summed E-state index contributed by atoms with van der Waals surface area (Å²) in [5, 5.41) is 30.7. The third-order valence-corrected chi connectivity index (χ3v) is 11.3. The first-order valence-electron chi connectivity index (χ1n) is 24.7. The van der Waals surface area contributed by atoms with E-state index in [0.29, 0.717) is 13.0 Å². The van der Waals surface area contributed by atoms with Crippen molar-refractivity contribution in [2.75, 3.05) is 26.4 Å². The van der Waals surface area contributed by atoms with Gasteiger partial charge in [0.15, 0.2) is 6.29 Å². The van der Waals surface area contributed by atoms with Crippen LogP contribution in [0.25, 0.3) is 0 Å². The average Bonchev–Trinajstić information content (AvgIpc) is 3.27. The van der Waals surface area contributed by atoms with E-state index in [2.05, 4.69) is 90.9 Å². The van der Waals surface area contributed by atoms with Crippen LogP contribution in [-0.4, -0.2) is 97.5 Å². The minimum atomic E-state index is -5.07. The molecule has 4 N–H and O–H groups in total. The zero-order chi connectivity index (χ0) is 46.8. The summed E-state index contributed by atoms with van der Waals surface area (Å²) in [6.07, 6.45) is 45.0. The number of carbonyl (C=O) groups is 1. The molecule has 1 heterocycles. The molecule has 0 radical (unpaired) electrons. The molecule has 13 heteroatoms. The van der Waals surface area contributed by atoms with E-state index in [-0.39, 0.29) is 19.6 Å². The summed E-state index contributed by atoms with van der Waals surface area (Å²) in [7, 11) is -5.07. The van der Waals surface area contributed by atoms with Crippen LogP contribution in [-0.2, 0) is 38.3 Å². The summed E-state index contributed by atoms with van der Waals surface area (Å²) in [6.45, 7) is 3.82. The first-order valence-corrected chi connectivity index (χ1v) is 26.1. The van der Waals surface area contributed by atoms with Gasteiger partial charge < -0.3 is 34.3 Å². The van der Waals surface area contributed by atoms with Gasteiger partial charge in [0.2, 0.25) is 0 Å². The molecular weight excluding hydrogens is 837 g/mol. The molecule has 0 aromatic carbocycles. The summed E-state index contributed by atoms with van der Waals surface area (Å²) < 4.78 is 59.2. The highest BCUT2D eigenvalue weighted by atomic mass is 32.3. The van der Waals surface area contributed by atoms with E-state index in [9.17, 15) is 33.1 Å². The number of ether oxygens (including phenoxy) is 4. The lowest BCUT2D eigenvalue weighted by atomic mass is 9.99. The van der Waals surface area contributed by atoms with Crippen LogP contribution in [0.2, 0.25) is 0 Å². The highest BCUT2D eigenvalue weighted by Gasteiger charge is 2.48. The van der Waals surface area contributed by atoms with E-state index in [4.69, 9.17) is 18.9 Å². The second-order valence-electron chi connectivity index (χ2n) is 16.7. The topological polar surface area (TPSA) is 178 Å². The van der Waals surface area contributed by atoms with Gasteiger partial charge in [0, 0.05) is 13.0 Å². The first kappa shape index (κ1) is 59.6. The molecule has 0 bridgehead atoms. The zero-order valence-corrected chi connectivity index (χ0v) is 40.4. The number of carbonyl (C=O) groups excluding carboxylic acids is 1. The van der Waals surface area contributed by atoms with Crippen LogP contribution >= 0.6 is 0 Å². The molecule has 1 rings (SSSR count). The monoisotopic (exact) mass is 925 g/mol. The van der Waals surface area contributed by atoms with Crippen molar-refractivity contribution in [3.8, 4) is 0 Å². The van der Waals surface area contributed by atoms with Crippen molar-refractivity contribution in [1.29, 1.82) is 0 Å². The van der Waals surface area contributed by atoms with E-state index in [1.165, 1.54) is 44.9 Å². The maximum Gasteiger partial charge on any atom is 0.397 e. The molecule has 6 atom stereocenters. The van der Waals surface area contributed by atoms with Crippen LogP contribution < -0.4 is 0 Å². The lowest BCUT2D eigenvalue weighted by Gasteiger charge is -2.41. The van der Waals surface area contributed by atoms with Gasteiger partial charge in [-0.25, -0.2) is 4.18 Å². The summed E-state index contributed by atoms with van der Waals surface area (Å²) in [5.74, 6) is -0.416. The molecule has 1 saturated heterocycles. The van der Waals surface area contributed by atoms with E-state index in [0.717, 1.165) is 109 Å². The molecule has 0 amide bonds. The number of rotatable bonds is 42. The van der Waals surface area contributed by atoms with Crippen molar-refractivity contribution < 1.29 is 56.2 Å². The second kappa shape index (κ2) is 41.9. The van der Waals surface area contributed by atoms with Gasteiger partial charge in [-0.05, 0) is 83.5 Å². The summed E-state index contributed by atoms with van der Waals surface area (Å²) in [4.78, 5) is 12.9. The van der Waals surface area contributed by atoms with Gasteiger partial charge in [0.05, 0.1) is 19.8 Å². The standard InChI is InChI=1S/C51H88O12S/c1-3-5-7-9-11-13-15-17-19-20-21-22-23-24-25-27-29-31-33-35-37-39-41-59-43-45(44-60-51-49(55)50(63-64(56,57)58)48(54)46(42-52)62-51)61-47(53)40-38-36-34-32-30-28-26-18-16-14-12-10-8-6-4-2/h5,7,11,13,17-19,21-22,24-26,45-46,48-52,54-55H,3-4,6,8-10,12,14-16,20,23,27-44H2,1-2H3,(H,56,57,58)/b7-5-,13-11-,19-17-,22-21-,25-24-,26-18-. The molecule has 0 aliphatic carbocycles.